The van der Waals surface area contributed by atoms with Crippen molar-refractivity contribution in [3.63, 3.8) is 0 Å². The van der Waals surface area contributed by atoms with Gasteiger partial charge in [-0.1, -0.05) is 49.6 Å². The number of unbranched alkanes of at least 4 members (excludes halogenated alkanes) is 2. The van der Waals surface area contributed by atoms with Crippen LogP contribution in [0.4, 0.5) is 11.6 Å². The number of carbonyl (C=O) groups excluding carboxylic acids is 1. The van der Waals surface area contributed by atoms with E-state index >= 15 is 0 Å². The van der Waals surface area contributed by atoms with Gasteiger partial charge in [-0.15, -0.1) is 0 Å². The Hall–Kier alpha value is -3.61. The molecule has 7 heteroatoms. The minimum Gasteiger partial charge on any atom is -0.494 e. The van der Waals surface area contributed by atoms with Crippen LogP contribution in [-0.4, -0.2) is 27.3 Å². The molecule has 0 spiro atoms. The van der Waals surface area contributed by atoms with Crippen molar-refractivity contribution >= 4 is 17.5 Å². The number of rotatable bonds is 8. The zero-order valence-electron chi connectivity index (χ0n) is 19.7. The highest BCUT2D eigenvalue weighted by molar-refractivity contribution is 6.06. The molecule has 1 aliphatic rings. The van der Waals surface area contributed by atoms with Gasteiger partial charge in [-0.3, -0.25) is 4.79 Å². The lowest BCUT2D eigenvalue weighted by molar-refractivity contribution is -0.113. The van der Waals surface area contributed by atoms with E-state index in [4.69, 9.17) is 4.74 Å². The van der Waals surface area contributed by atoms with E-state index in [0.29, 0.717) is 18.1 Å². The van der Waals surface area contributed by atoms with Crippen LogP contribution in [0, 0.1) is 13.8 Å². The van der Waals surface area contributed by atoms with Crippen molar-refractivity contribution < 1.29 is 9.53 Å². The third-order valence-electron chi connectivity index (χ3n) is 5.88. The number of benzene rings is 2. The smallest absolute Gasteiger partial charge is 0.255 e. The van der Waals surface area contributed by atoms with Crippen LogP contribution in [0.2, 0.25) is 0 Å². The first-order valence-corrected chi connectivity index (χ1v) is 11.5. The normalized spacial score (nSPS) is 15.1. The van der Waals surface area contributed by atoms with Crippen molar-refractivity contribution in [3.05, 3.63) is 76.8 Å². The molecule has 0 unspecified atom stereocenters. The number of fused-ring (bicyclic) bond motifs is 1. The molecule has 0 fully saturated rings. The molecule has 3 aromatic rings. The number of aromatic nitrogens is 3. The van der Waals surface area contributed by atoms with Crippen molar-refractivity contribution in [3.8, 4) is 5.75 Å². The third kappa shape index (κ3) is 4.92. The van der Waals surface area contributed by atoms with Gasteiger partial charge in [-0.25, -0.2) is 4.68 Å². The maximum Gasteiger partial charge on any atom is 0.255 e. The summed E-state index contributed by atoms with van der Waals surface area (Å²) >= 11 is 0. The Morgan fingerprint density at radius 3 is 2.64 bits per heavy atom. The van der Waals surface area contributed by atoms with Gasteiger partial charge in [-0.05, 0) is 56.5 Å². The molecule has 172 valence electrons. The molecule has 0 aliphatic carbocycles. The van der Waals surface area contributed by atoms with E-state index in [-0.39, 0.29) is 5.91 Å². The van der Waals surface area contributed by atoms with E-state index in [2.05, 4.69) is 33.7 Å². The van der Waals surface area contributed by atoms with Crippen LogP contribution >= 0.6 is 0 Å². The second kappa shape index (κ2) is 9.90. The zero-order chi connectivity index (χ0) is 23.4. The molecule has 1 atom stereocenters. The second-order valence-corrected chi connectivity index (χ2v) is 8.49. The number of ether oxygens (including phenoxy) is 1. The fourth-order valence-corrected chi connectivity index (χ4v) is 4.13. The SMILES string of the molecule is CCCCCOc1ccc([C@@H]2C(C(=O)Nc3ccc(C)cc3C)=C(C)Nc3ncnn32)cc1. The Labute approximate surface area is 194 Å². The maximum atomic E-state index is 13.5. The summed E-state index contributed by atoms with van der Waals surface area (Å²) in [6, 6.07) is 13.5. The first-order valence-electron chi connectivity index (χ1n) is 11.5. The highest BCUT2D eigenvalue weighted by atomic mass is 16.5. The van der Waals surface area contributed by atoms with Gasteiger partial charge in [0.05, 0.1) is 12.2 Å². The van der Waals surface area contributed by atoms with Crippen molar-refractivity contribution in [1.82, 2.24) is 14.8 Å². The maximum absolute atomic E-state index is 13.5. The van der Waals surface area contributed by atoms with E-state index < -0.39 is 6.04 Å². The first kappa shape index (κ1) is 22.6. The minimum atomic E-state index is -0.399. The van der Waals surface area contributed by atoms with Crippen molar-refractivity contribution in [1.29, 1.82) is 0 Å². The van der Waals surface area contributed by atoms with Gasteiger partial charge >= 0.3 is 0 Å². The average Bonchev–Trinajstić information content (AvgIpc) is 3.26. The van der Waals surface area contributed by atoms with Crippen LogP contribution < -0.4 is 15.4 Å². The molecular formula is C26H31N5O2. The van der Waals surface area contributed by atoms with Crippen LogP contribution in [-0.2, 0) is 4.79 Å². The topological polar surface area (TPSA) is 81.1 Å². The summed E-state index contributed by atoms with van der Waals surface area (Å²) < 4.78 is 7.61. The second-order valence-electron chi connectivity index (χ2n) is 8.49. The molecule has 2 heterocycles. The van der Waals surface area contributed by atoms with Crippen LogP contribution in [0.5, 0.6) is 5.75 Å². The summed E-state index contributed by atoms with van der Waals surface area (Å²) in [5, 5.41) is 10.7. The van der Waals surface area contributed by atoms with E-state index in [1.165, 1.54) is 6.33 Å². The van der Waals surface area contributed by atoms with Gasteiger partial charge in [0.25, 0.3) is 5.91 Å². The number of nitrogens with zero attached hydrogens (tertiary/aromatic N) is 3. The van der Waals surface area contributed by atoms with Gasteiger partial charge in [0, 0.05) is 11.4 Å². The lowest BCUT2D eigenvalue weighted by Crippen LogP contribution is -2.31. The Balaban J connectivity index is 1.62. The number of hydrogen-bond donors (Lipinski definition) is 2. The van der Waals surface area contributed by atoms with Gasteiger partial charge < -0.3 is 15.4 Å². The largest absolute Gasteiger partial charge is 0.494 e. The third-order valence-corrected chi connectivity index (χ3v) is 5.88. The number of anilines is 2. The predicted octanol–water partition coefficient (Wildman–Crippen LogP) is 5.39. The number of amides is 1. The summed E-state index contributed by atoms with van der Waals surface area (Å²) in [7, 11) is 0. The van der Waals surface area contributed by atoms with Gasteiger partial charge in [-0.2, -0.15) is 10.1 Å². The molecule has 1 amide bonds. The quantitative estimate of drug-likeness (QED) is 0.454. The van der Waals surface area contributed by atoms with Crippen LogP contribution in [0.3, 0.4) is 0 Å². The fourth-order valence-electron chi connectivity index (χ4n) is 4.13. The van der Waals surface area contributed by atoms with Gasteiger partial charge in [0.2, 0.25) is 5.95 Å². The van der Waals surface area contributed by atoms with Gasteiger partial charge in [0.1, 0.15) is 18.1 Å². The Kier molecular flexibility index (Phi) is 6.77. The monoisotopic (exact) mass is 445 g/mol. The molecule has 1 aliphatic heterocycles. The van der Waals surface area contributed by atoms with E-state index in [1.807, 2.05) is 57.2 Å². The summed E-state index contributed by atoms with van der Waals surface area (Å²) in [5.41, 5.74) is 5.27. The number of allylic oxidation sites excluding steroid dienone is 1. The molecule has 33 heavy (non-hydrogen) atoms. The summed E-state index contributed by atoms with van der Waals surface area (Å²) in [5.74, 6) is 1.27. The Morgan fingerprint density at radius 1 is 1.12 bits per heavy atom. The lowest BCUT2D eigenvalue weighted by atomic mass is 9.94. The highest BCUT2D eigenvalue weighted by Crippen LogP contribution is 2.36. The molecule has 0 radical (unpaired) electrons. The molecular weight excluding hydrogens is 414 g/mol. The van der Waals surface area contributed by atoms with E-state index in [9.17, 15) is 4.79 Å². The number of hydrogen-bond acceptors (Lipinski definition) is 5. The molecule has 1 aromatic heterocycles. The average molecular weight is 446 g/mol. The molecule has 0 saturated heterocycles. The molecule has 2 aromatic carbocycles. The standard InChI is InChI=1S/C26H31N5O2/c1-5-6-7-14-33-21-11-9-20(10-12-21)24-23(19(4)29-26-27-16-28-31(24)26)25(32)30-22-13-8-17(2)15-18(22)3/h8-13,15-16,24H,5-7,14H2,1-4H3,(H,30,32)(H,27,28,29)/t24-/m1/s1. The molecule has 7 nitrogen and oxygen atoms in total. The van der Waals surface area contributed by atoms with Crippen LogP contribution in [0.25, 0.3) is 0 Å². The highest BCUT2D eigenvalue weighted by Gasteiger charge is 2.33. The number of aryl methyl sites for hydroxylation is 2. The molecule has 4 rings (SSSR count). The first-order chi connectivity index (χ1) is 16.0. The van der Waals surface area contributed by atoms with E-state index in [1.54, 1.807) is 4.68 Å². The predicted molar refractivity (Wildman–Crippen MR) is 130 cm³/mol. The van der Waals surface area contributed by atoms with Crippen molar-refractivity contribution in [2.45, 2.75) is 53.0 Å². The zero-order valence-corrected chi connectivity index (χ0v) is 19.7. The van der Waals surface area contributed by atoms with Crippen molar-refractivity contribution in [2.75, 3.05) is 17.2 Å². The molecule has 0 saturated carbocycles. The van der Waals surface area contributed by atoms with Crippen LogP contribution in [0.1, 0.15) is 55.8 Å². The summed E-state index contributed by atoms with van der Waals surface area (Å²) in [6.07, 6.45) is 4.86. The number of carbonyl (C=O) groups is 1. The van der Waals surface area contributed by atoms with E-state index in [0.717, 1.165) is 53.1 Å². The summed E-state index contributed by atoms with van der Waals surface area (Å²) in [4.78, 5) is 17.8. The van der Waals surface area contributed by atoms with Crippen LogP contribution in [0.15, 0.2) is 60.1 Å². The van der Waals surface area contributed by atoms with Gasteiger partial charge in [0.15, 0.2) is 0 Å². The Morgan fingerprint density at radius 2 is 1.91 bits per heavy atom. The number of nitrogens with one attached hydrogen (secondary N) is 2. The molecule has 0 bridgehead atoms. The minimum absolute atomic E-state index is 0.169. The summed E-state index contributed by atoms with van der Waals surface area (Å²) in [6.45, 7) is 8.81. The fraction of sp³-hybridized carbons (Fsp3) is 0.346. The van der Waals surface area contributed by atoms with Crippen molar-refractivity contribution in [2.24, 2.45) is 0 Å². The lowest BCUT2D eigenvalue weighted by Gasteiger charge is -2.29. The molecule has 2 N–H and O–H groups in total. The Bertz CT molecular complexity index is 1160.